The lowest BCUT2D eigenvalue weighted by Crippen LogP contribution is -2.27. The van der Waals surface area contributed by atoms with Gasteiger partial charge in [0.15, 0.2) is 11.5 Å². The lowest BCUT2D eigenvalue weighted by molar-refractivity contribution is -0.120. The molecular formula is C19H21ClN2O3S. The number of nitrogens with one attached hydrogen (secondary N) is 1. The lowest BCUT2D eigenvalue weighted by atomic mass is 10.1. The van der Waals surface area contributed by atoms with Crippen LogP contribution in [0.2, 0.25) is 5.02 Å². The number of rotatable bonds is 7. The summed E-state index contributed by atoms with van der Waals surface area (Å²) in [7, 11) is 3.16. The van der Waals surface area contributed by atoms with Crippen molar-refractivity contribution >= 4 is 35.0 Å². The molecule has 1 atom stereocenters. The second-order valence-electron chi connectivity index (χ2n) is 5.46. The number of amides is 1. The summed E-state index contributed by atoms with van der Waals surface area (Å²) in [5, 5.41) is 4.56. The summed E-state index contributed by atoms with van der Waals surface area (Å²) in [6, 6.07) is 12.8. The van der Waals surface area contributed by atoms with Crippen LogP contribution in [0.1, 0.15) is 19.4 Å². The summed E-state index contributed by atoms with van der Waals surface area (Å²) >= 11 is 7.31. The van der Waals surface area contributed by atoms with Crippen molar-refractivity contribution in [2.75, 3.05) is 14.2 Å². The van der Waals surface area contributed by atoms with Crippen LogP contribution >= 0.6 is 23.4 Å². The number of carbonyl (C=O) groups excluding carboxylic acids is 1. The molecule has 0 heterocycles. The quantitative estimate of drug-likeness (QED) is 0.431. The Morgan fingerprint density at radius 2 is 1.77 bits per heavy atom. The van der Waals surface area contributed by atoms with Crippen LogP contribution in [-0.2, 0) is 4.79 Å². The highest BCUT2D eigenvalue weighted by atomic mass is 35.5. The summed E-state index contributed by atoms with van der Waals surface area (Å²) in [5.74, 6) is 1.07. The van der Waals surface area contributed by atoms with Gasteiger partial charge in [-0.05, 0) is 56.3 Å². The zero-order valence-corrected chi connectivity index (χ0v) is 16.6. The first-order chi connectivity index (χ1) is 12.4. The molecule has 5 nitrogen and oxygen atoms in total. The van der Waals surface area contributed by atoms with Crippen LogP contribution < -0.4 is 14.9 Å². The molecule has 0 radical (unpaired) electrons. The van der Waals surface area contributed by atoms with E-state index in [0.717, 1.165) is 10.5 Å². The number of methoxy groups -OCH3 is 2. The lowest BCUT2D eigenvalue weighted by Gasteiger charge is -2.11. The van der Waals surface area contributed by atoms with Crippen LogP contribution in [0, 0.1) is 0 Å². The molecule has 0 aliphatic carbocycles. The van der Waals surface area contributed by atoms with Crippen molar-refractivity contribution in [2.24, 2.45) is 5.10 Å². The van der Waals surface area contributed by atoms with Crippen LogP contribution in [-0.4, -0.2) is 31.1 Å². The highest BCUT2D eigenvalue weighted by Gasteiger charge is 2.14. The molecule has 0 saturated carbocycles. The minimum absolute atomic E-state index is 0.176. The Hall–Kier alpha value is -2.18. The van der Waals surface area contributed by atoms with Crippen LogP contribution in [0.3, 0.4) is 0 Å². The van der Waals surface area contributed by atoms with Crippen molar-refractivity contribution in [1.29, 1.82) is 0 Å². The smallest absolute Gasteiger partial charge is 0.253 e. The SMILES string of the molecule is COc1ccc(/C(C)=N\NC(=O)[C@@H](C)Sc2ccc(Cl)cc2)cc1OC. The number of benzene rings is 2. The molecule has 0 fully saturated rings. The van der Waals surface area contributed by atoms with E-state index in [1.165, 1.54) is 11.8 Å². The normalized spacial score (nSPS) is 12.4. The van der Waals surface area contributed by atoms with Gasteiger partial charge in [0, 0.05) is 15.5 Å². The summed E-state index contributed by atoms with van der Waals surface area (Å²) in [5.41, 5.74) is 4.11. The Kier molecular flexibility index (Phi) is 7.36. The fourth-order valence-corrected chi connectivity index (χ4v) is 3.11. The van der Waals surface area contributed by atoms with Gasteiger partial charge in [-0.3, -0.25) is 4.79 Å². The number of carbonyl (C=O) groups is 1. The van der Waals surface area contributed by atoms with E-state index < -0.39 is 0 Å². The van der Waals surface area contributed by atoms with Crippen molar-refractivity contribution in [3.8, 4) is 11.5 Å². The molecular weight excluding hydrogens is 372 g/mol. The molecule has 2 rings (SSSR count). The van der Waals surface area contributed by atoms with Gasteiger partial charge in [0.25, 0.3) is 5.91 Å². The van der Waals surface area contributed by atoms with Gasteiger partial charge >= 0.3 is 0 Å². The zero-order valence-electron chi connectivity index (χ0n) is 15.1. The molecule has 7 heteroatoms. The molecule has 0 unspecified atom stereocenters. The highest BCUT2D eigenvalue weighted by molar-refractivity contribution is 8.00. The second-order valence-corrected chi connectivity index (χ2v) is 7.31. The Morgan fingerprint density at radius 1 is 1.12 bits per heavy atom. The van der Waals surface area contributed by atoms with E-state index in [2.05, 4.69) is 10.5 Å². The maximum absolute atomic E-state index is 12.3. The number of halogens is 1. The number of nitrogens with zero attached hydrogens (tertiary/aromatic N) is 1. The number of hydrogen-bond acceptors (Lipinski definition) is 5. The van der Waals surface area contributed by atoms with Gasteiger partial charge < -0.3 is 9.47 Å². The number of thioether (sulfide) groups is 1. The molecule has 0 aliphatic rings. The first-order valence-corrected chi connectivity index (χ1v) is 9.19. The maximum atomic E-state index is 12.3. The molecule has 2 aromatic rings. The molecule has 1 N–H and O–H groups in total. The van der Waals surface area contributed by atoms with E-state index in [4.69, 9.17) is 21.1 Å². The molecule has 0 bridgehead atoms. The summed E-state index contributed by atoms with van der Waals surface area (Å²) in [4.78, 5) is 13.2. The highest BCUT2D eigenvalue weighted by Crippen LogP contribution is 2.28. The first-order valence-electron chi connectivity index (χ1n) is 7.93. The van der Waals surface area contributed by atoms with Gasteiger partial charge in [0.1, 0.15) is 0 Å². The molecule has 0 aromatic heterocycles. The van der Waals surface area contributed by atoms with Gasteiger partial charge in [0.05, 0.1) is 25.2 Å². The van der Waals surface area contributed by atoms with Gasteiger partial charge in [-0.2, -0.15) is 5.10 Å². The van der Waals surface area contributed by atoms with Gasteiger partial charge in [-0.1, -0.05) is 11.6 Å². The van der Waals surface area contributed by atoms with Crippen molar-refractivity contribution in [1.82, 2.24) is 5.43 Å². The maximum Gasteiger partial charge on any atom is 0.253 e. The Balaban J connectivity index is 2.00. The third-order valence-electron chi connectivity index (χ3n) is 3.63. The first kappa shape index (κ1) is 20.1. The number of ether oxygens (including phenoxy) is 2. The van der Waals surface area contributed by atoms with E-state index in [9.17, 15) is 4.79 Å². The molecule has 138 valence electrons. The number of hydrazone groups is 1. The van der Waals surface area contributed by atoms with Crippen molar-refractivity contribution in [3.63, 3.8) is 0 Å². The average molecular weight is 393 g/mol. The number of hydrogen-bond donors (Lipinski definition) is 1. The van der Waals surface area contributed by atoms with Crippen LogP contribution in [0.25, 0.3) is 0 Å². The summed E-state index contributed by atoms with van der Waals surface area (Å²) < 4.78 is 10.5. The monoisotopic (exact) mass is 392 g/mol. The second kappa shape index (κ2) is 9.50. The Bertz CT molecular complexity index is 794. The van der Waals surface area contributed by atoms with Crippen LogP contribution in [0.15, 0.2) is 52.5 Å². The predicted octanol–water partition coefficient (Wildman–Crippen LogP) is 4.38. The average Bonchev–Trinajstić information content (AvgIpc) is 2.66. The fourth-order valence-electron chi connectivity index (χ4n) is 2.13. The molecule has 0 spiro atoms. The Morgan fingerprint density at radius 3 is 2.38 bits per heavy atom. The molecule has 0 aliphatic heterocycles. The van der Waals surface area contributed by atoms with E-state index in [1.807, 2.05) is 38.1 Å². The Labute approximate surface area is 162 Å². The third-order valence-corrected chi connectivity index (χ3v) is 4.99. The van der Waals surface area contributed by atoms with E-state index in [-0.39, 0.29) is 11.2 Å². The molecule has 2 aromatic carbocycles. The van der Waals surface area contributed by atoms with Gasteiger partial charge in [0.2, 0.25) is 0 Å². The third kappa shape index (κ3) is 5.41. The molecule has 0 saturated heterocycles. The van der Waals surface area contributed by atoms with Crippen molar-refractivity contribution < 1.29 is 14.3 Å². The van der Waals surface area contributed by atoms with Gasteiger partial charge in [-0.25, -0.2) is 5.43 Å². The van der Waals surface area contributed by atoms with Crippen molar-refractivity contribution in [3.05, 3.63) is 53.1 Å². The minimum Gasteiger partial charge on any atom is -0.493 e. The standard InChI is InChI=1S/C19H21ClN2O3S/c1-12(14-5-10-17(24-3)18(11-14)25-4)21-22-19(23)13(2)26-16-8-6-15(20)7-9-16/h5-11,13H,1-4H3,(H,22,23)/b21-12-/t13-/m1/s1. The van der Waals surface area contributed by atoms with Gasteiger partial charge in [-0.15, -0.1) is 11.8 Å². The minimum atomic E-state index is -0.293. The summed E-state index contributed by atoms with van der Waals surface area (Å²) in [6.45, 7) is 3.65. The molecule has 26 heavy (non-hydrogen) atoms. The van der Waals surface area contributed by atoms with E-state index in [1.54, 1.807) is 32.4 Å². The van der Waals surface area contributed by atoms with Crippen molar-refractivity contribution in [2.45, 2.75) is 24.0 Å². The van der Waals surface area contributed by atoms with E-state index in [0.29, 0.717) is 22.2 Å². The summed E-state index contributed by atoms with van der Waals surface area (Å²) in [6.07, 6.45) is 0. The van der Waals surface area contributed by atoms with Crippen LogP contribution in [0.4, 0.5) is 0 Å². The van der Waals surface area contributed by atoms with Crippen LogP contribution in [0.5, 0.6) is 11.5 Å². The zero-order chi connectivity index (χ0) is 19.1. The molecule has 1 amide bonds. The van der Waals surface area contributed by atoms with E-state index >= 15 is 0 Å². The predicted molar refractivity (Wildman–Crippen MR) is 107 cm³/mol. The topological polar surface area (TPSA) is 59.9 Å². The fraction of sp³-hybridized carbons (Fsp3) is 0.263. The largest absolute Gasteiger partial charge is 0.493 e.